The number of carbonyl (C=O) groups is 2. The number of nitrogens with one attached hydrogen (secondary N) is 1. The number of nitriles is 1. The third-order valence-corrected chi connectivity index (χ3v) is 6.72. The highest BCUT2D eigenvalue weighted by Gasteiger charge is 2.23. The maximum absolute atomic E-state index is 12.9. The van der Waals surface area contributed by atoms with Gasteiger partial charge < -0.3 is 19.5 Å². The van der Waals surface area contributed by atoms with E-state index in [1.54, 1.807) is 44.2 Å². The standard InChI is InChI=1S/C28H27ClN2O5S/c1-5-34-24-14-20(9-12-23(24)36-16-19-7-10-22(29)11-8-19)13-21(15-30)26(32)31-27-25(28(33)35-6-2)17(3)18(4)37-27/h7-14H,5-6,16H2,1-4H3,(H,31,32)/b21-13+. The van der Waals surface area contributed by atoms with Gasteiger partial charge in [-0.3, -0.25) is 4.79 Å². The van der Waals surface area contributed by atoms with Crippen molar-refractivity contribution >= 4 is 45.9 Å². The summed E-state index contributed by atoms with van der Waals surface area (Å²) in [5.41, 5.74) is 2.43. The minimum Gasteiger partial charge on any atom is -0.490 e. The normalized spacial score (nSPS) is 11.0. The van der Waals surface area contributed by atoms with Crippen molar-refractivity contribution in [1.82, 2.24) is 0 Å². The van der Waals surface area contributed by atoms with E-state index in [9.17, 15) is 14.9 Å². The quantitative estimate of drug-likeness (QED) is 0.175. The monoisotopic (exact) mass is 538 g/mol. The molecule has 0 aliphatic heterocycles. The van der Waals surface area contributed by atoms with Crippen LogP contribution in [0.2, 0.25) is 5.02 Å². The smallest absolute Gasteiger partial charge is 0.341 e. The van der Waals surface area contributed by atoms with Crippen LogP contribution in [-0.4, -0.2) is 25.1 Å². The molecule has 9 heteroatoms. The maximum atomic E-state index is 12.9. The Hall–Kier alpha value is -3.80. The average molecular weight is 539 g/mol. The summed E-state index contributed by atoms with van der Waals surface area (Å²) in [6.45, 7) is 8.15. The molecule has 1 heterocycles. The van der Waals surface area contributed by atoms with E-state index in [2.05, 4.69) is 5.32 Å². The predicted molar refractivity (Wildman–Crippen MR) is 145 cm³/mol. The Morgan fingerprint density at radius 2 is 1.78 bits per heavy atom. The van der Waals surface area contributed by atoms with E-state index in [-0.39, 0.29) is 12.2 Å². The summed E-state index contributed by atoms with van der Waals surface area (Å²) in [5.74, 6) is -0.134. The average Bonchev–Trinajstić information content (AvgIpc) is 3.15. The van der Waals surface area contributed by atoms with Crippen LogP contribution in [0.25, 0.3) is 6.08 Å². The lowest BCUT2D eigenvalue weighted by Gasteiger charge is -2.13. The lowest BCUT2D eigenvalue weighted by Crippen LogP contribution is -2.16. The Morgan fingerprint density at radius 3 is 2.43 bits per heavy atom. The number of hydrogen-bond donors (Lipinski definition) is 1. The number of amides is 1. The van der Waals surface area contributed by atoms with E-state index in [4.69, 9.17) is 25.8 Å². The molecule has 0 spiro atoms. The predicted octanol–water partition coefficient (Wildman–Crippen LogP) is 6.72. The van der Waals surface area contributed by atoms with Gasteiger partial charge in [-0.05, 0) is 74.7 Å². The van der Waals surface area contributed by atoms with Crippen molar-refractivity contribution in [2.75, 3.05) is 18.5 Å². The van der Waals surface area contributed by atoms with E-state index < -0.39 is 11.9 Å². The molecule has 0 aliphatic carbocycles. The number of esters is 1. The van der Waals surface area contributed by atoms with Crippen LogP contribution in [0.4, 0.5) is 5.00 Å². The first-order chi connectivity index (χ1) is 17.8. The molecule has 0 saturated carbocycles. The highest BCUT2D eigenvalue weighted by molar-refractivity contribution is 7.16. The van der Waals surface area contributed by atoms with Crippen molar-refractivity contribution in [1.29, 1.82) is 5.26 Å². The largest absolute Gasteiger partial charge is 0.490 e. The highest BCUT2D eigenvalue weighted by atomic mass is 35.5. The molecule has 1 N–H and O–H groups in total. The Bertz CT molecular complexity index is 1360. The second-order valence-electron chi connectivity index (χ2n) is 7.89. The molecule has 192 valence electrons. The molecule has 0 bridgehead atoms. The van der Waals surface area contributed by atoms with Gasteiger partial charge in [0.2, 0.25) is 0 Å². The molecule has 0 saturated heterocycles. The van der Waals surface area contributed by atoms with Crippen LogP contribution in [-0.2, 0) is 16.1 Å². The van der Waals surface area contributed by atoms with Gasteiger partial charge in [-0.1, -0.05) is 29.8 Å². The van der Waals surface area contributed by atoms with E-state index in [1.807, 2.05) is 32.0 Å². The molecular formula is C28H27ClN2O5S. The van der Waals surface area contributed by atoms with Crippen molar-refractivity contribution in [2.24, 2.45) is 0 Å². The first-order valence-electron chi connectivity index (χ1n) is 11.6. The molecular weight excluding hydrogens is 512 g/mol. The van der Waals surface area contributed by atoms with Gasteiger partial charge in [-0.25, -0.2) is 4.79 Å². The van der Waals surface area contributed by atoms with E-state index in [1.165, 1.54) is 17.4 Å². The molecule has 1 aromatic heterocycles. The van der Waals surface area contributed by atoms with Crippen molar-refractivity contribution in [2.45, 2.75) is 34.3 Å². The van der Waals surface area contributed by atoms with Crippen molar-refractivity contribution in [3.8, 4) is 17.6 Å². The number of aryl methyl sites for hydroxylation is 1. The molecule has 0 radical (unpaired) electrons. The summed E-state index contributed by atoms with van der Waals surface area (Å²) in [7, 11) is 0. The van der Waals surface area contributed by atoms with Gasteiger partial charge in [-0.15, -0.1) is 11.3 Å². The fraction of sp³-hybridized carbons (Fsp3) is 0.250. The lowest BCUT2D eigenvalue weighted by atomic mass is 10.1. The Kier molecular flexibility index (Phi) is 9.72. The van der Waals surface area contributed by atoms with Gasteiger partial charge in [-0.2, -0.15) is 5.26 Å². The molecule has 1 amide bonds. The Morgan fingerprint density at radius 1 is 1.05 bits per heavy atom. The number of benzene rings is 2. The summed E-state index contributed by atoms with van der Waals surface area (Å²) < 4.78 is 16.8. The maximum Gasteiger partial charge on any atom is 0.341 e. The first-order valence-corrected chi connectivity index (χ1v) is 12.8. The van der Waals surface area contributed by atoms with Gasteiger partial charge in [0.05, 0.1) is 18.8 Å². The van der Waals surface area contributed by atoms with E-state index >= 15 is 0 Å². The van der Waals surface area contributed by atoms with Crippen LogP contribution in [0.5, 0.6) is 11.5 Å². The van der Waals surface area contributed by atoms with Crippen LogP contribution in [0, 0.1) is 25.2 Å². The summed E-state index contributed by atoms with van der Waals surface area (Å²) >= 11 is 7.20. The Balaban J connectivity index is 1.82. The molecule has 7 nitrogen and oxygen atoms in total. The van der Waals surface area contributed by atoms with Crippen LogP contribution < -0.4 is 14.8 Å². The fourth-order valence-corrected chi connectivity index (χ4v) is 4.56. The van der Waals surface area contributed by atoms with Gasteiger partial charge >= 0.3 is 5.97 Å². The van der Waals surface area contributed by atoms with Gasteiger partial charge in [0.25, 0.3) is 5.91 Å². The minimum absolute atomic E-state index is 0.129. The topological polar surface area (TPSA) is 97.7 Å². The lowest BCUT2D eigenvalue weighted by molar-refractivity contribution is -0.112. The zero-order chi connectivity index (χ0) is 26.9. The van der Waals surface area contributed by atoms with Gasteiger partial charge in [0.1, 0.15) is 23.3 Å². The summed E-state index contributed by atoms with van der Waals surface area (Å²) in [6.07, 6.45) is 1.46. The van der Waals surface area contributed by atoms with Crippen LogP contribution in [0.1, 0.15) is 45.8 Å². The zero-order valence-electron chi connectivity index (χ0n) is 21.0. The minimum atomic E-state index is -0.629. The number of hydrogen-bond acceptors (Lipinski definition) is 7. The molecule has 37 heavy (non-hydrogen) atoms. The van der Waals surface area contributed by atoms with Crippen LogP contribution >= 0.6 is 22.9 Å². The summed E-state index contributed by atoms with van der Waals surface area (Å²) in [5, 5.41) is 13.4. The molecule has 0 unspecified atom stereocenters. The SMILES string of the molecule is CCOC(=O)c1c(NC(=O)/C(C#N)=C/c2ccc(OCc3ccc(Cl)cc3)c(OCC)c2)sc(C)c1C. The van der Waals surface area contributed by atoms with Crippen molar-refractivity contribution < 1.29 is 23.8 Å². The third kappa shape index (κ3) is 7.13. The number of carbonyl (C=O) groups excluding carboxylic acids is 2. The number of anilines is 1. The highest BCUT2D eigenvalue weighted by Crippen LogP contribution is 2.34. The number of nitrogens with zero attached hydrogens (tertiary/aromatic N) is 1. The molecule has 0 fully saturated rings. The molecule has 2 aromatic carbocycles. The molecule has 3 aromatic rings. The second-order valence-corrected chi connectivity index (χ2v) is 9.55. The number of halogens is 1. The third-order valence-electron chi connectivity index (χ3n) is 5.34. The summed E-state index contributed by atoms with van der Waals surface area (Å²) in [6, 6.07) is 14.4. The van der Waals surface area contributed by atoms with Crippen molar-refractivity contribution in [3.05, 3.63) is 80.2 Å². The first kappa shape index (κ1) is 27.8. The molecule has 3 rings (SSSR count). The second kappa shape index (κ2) is 12.9. The summed E-state index contributed by atoms with van der Waals surface area (Å²) in [4.78, 5) is 26.2. The zero-order valence-corrected chi connectivity index (χ0v) is 22.6. The van der Waals surface area contributed by atoms with E-state index in [0.717, 1.165) is 16.0 Å². The molecule has 0 aliphatic rings. The van der Waals surface area contributed by atoms with Gasteiger partial charge in [0.15, 0.2) is 11.5 Å². The fourth-order valence-electron chi connectivity index (χ4n) is 3.39. The van der Waals surface area contributed by atoms with E-state index in [0.29, 0.717) is 45.9 Å². The molecule has 0 atom stereocenters. The van der Waals surface area contributed by atoms with Gasteiger partial charge in [0, 0.05) is 9.90 Å². The number of thiophene rings is 1. The number of rotatable bonds is 10. The number of ether oxygens (including phenoxy) is 3. The van der Waals surface area contributed by atoms with Crippen LogP contribution in [0.3, 0.4) is 0 Å². The van der Waals surface area contributed by atoms with Crippen molar-refractivity contribution in [3.63, 3.8) is 0 Å². The Labute approximate surface area is 225 Å². The van der Waals surface area contributed by atoms with Crippen LogP contribution in [0.15, 0.2) is 48.0 Å².